The van der Waals surface area contributed by atoms with Crippen molar-refractivity contribution >= 4 is 101 Å². The van der Waals surface area contributed by atoms with Gasteiger partial charge in [0.1, 0.15) is 28.7 Å². The molecule has 2 fully saturated rings. The normalized spacial score (nSPS) is 16.2. The molecule has 6 heterocycles. The summed E-state index contributed by atoms with van der Waals surface area (Å²) >= 11 is 8.19. The van der Waals surface area contributed by atoms with Crippen LogP contribution in [-0.4, -0.2) is 74.9 Å². The largest absolute Gasteiger partial charge is 0.461 e. The van der Waals surface area contributed by atoms with Crippen molar-refractivity contribution in [2.75, 3.05) is 47.4 Å². The molecule has 1 atom stereocenters. The van der Waals surface area contributed by atoms with Crippen molar-refractivity contribution in [3.05, 3.63) is 83.2 Å². The third-order valence-electron chi connectivity index (χ3n) is 8.93. The van der Waals surface area contributed by atoms with Crippen LogP contribution in [0.3, 0.4) is 0 Å². The van der Waals surface area contributed by atoms with Crippen molar-refractivity contribution in [2.45, 2.75) is 52.0 Å². The maximum atomic E-state index is 13.4. The lowest BCUT2D eigenvalue weighted by atomic mass is 10.1. The smallest absolute Gasteiger partial charge is 0.247 e. The number of guanidine groups is 1. The number of aliphatic imine (C=N–C) groups is 1. The van der Waals surface area contributed by atoms with Gasteiger partial charge in [0.15, 0.2) is 15.4 Å². The summed E-state index contributed by atoms with van der Waals surface area (Å²) in [5.74, 6) is 2.13. The number of thiazole rings is 2. The molecule has 2 aromatic carbocycles. The predicted molar refractivity (Wildman–Crippen MR) is 221 cm³/mol. The summed E-state index contributed by atoms with van der Waals surface area (Å²) < 4.78 is 11.2. The molecule has 2 saturated heterocycles. The second kappa shape index (κ2) is 17.2. The molecule has 0 radical (unpaired) electrons. The quantitative estimate of drug-likeness (QED) is 0.0706. The number of aromatic nitrogens is 2. The van der Waals surface area contributed by atoms with Gasteiger partial charge in [0, 0.05) is 64.9 Å². The molecule has 8 rings (SSSR count). The molecule has 4 aromatic heterocycles. The van der Waals surface area contributed by atoms with Gasteiger partial charge in [-0.1, -0.05) is 0 Å². The topological polar surface area (TPSA) is 153 Å². The Bertz CT molecular complexity index is 2240. The van der Waals surface area contributed by atoms with E-state index in [-0.39, 0.29) is 18.4 Å². The van der Waals surface area contributed by atoms with E-state index in [4.69, 9.17) is 26.0 Å². The molecule has 0 aliphatic carbocycles. The molecule has 280 valence electrons. The van der Waals surface area contributed by atoms with E-state index in [0.717, 1.165) is 88.7 Å². The van der Waals surface area contributed by atoms with E-state index in [0.29, 0.717) is 29.2 Å². The zero-order valence-corrected chi connectivity index (χ0v) is 32.4. The van der Waals surface area contributed by atoms with Crippen molar-refractivity contribution in [1.82, 2.24) is 19.8 Å². The second-order valence-electron chi connectivity index (χ2n) is 13.1. The number of hydrogen-bond donors (Lipinski definition) is 4. The number of likely N-dealkylation sites (tertiary alicyclic amines) is 2. The zero-order valence-electron chi connectivity index (χ0n) is 30.0. The number of carbonyl (C=O) groups excluding carboxylic acids is 2. The summed E-state index contributed by atoms with van der Waals surface area (Å²) in [6.07, 6.45) is 7.90. The summed E-state index contributed by atoms with van der Waals surface area (Å²) in [4.78, 5) is 42.9. The Morgan fingerprint density at radius 3 is 2.02 bits per heavy atom. The summed E-state index contributed by atoms with van der Waals surface area (Å²) in [5, 5.41) is 20.5. The maximum Gasteiger partial charge on any atom is 0.247 e. The number of carbonyl (C=O) groups is 2. The van der Waals surface area contributed by atoms with Crippen molar-refractivity contribution in [3.63, 3.8) is 0 Å². The molecule has 16 heteroatoms. The van der Waals surface area contributed by atoms with E-state index in [9.17, 15) is 9.59 Å². The highest BCUT2D eigenvalue weighted by molar-refractivity contribution is 7.80. The van der Waals surface area contributed by atoms with Crippen molar-refractivity contribution in [3.8, 4) is 0 Å². The molecular weight excluding hydrogens is 743 g/mol. The number of fused-ring (bicyclic) bond motifs is 2. The van der Waals surface area contributed by atoms with Crippen LogP contribution in [0.2, 0.25) is 0 Å². The van der Waals surface area contributed by atoms with Gasteiger partial charge in [-0.15, -0.1) is 22.7 Å². The lowest BCUT2D eigenvalue weighted by Gasteiger charge is -2.25. The standard InChI is InChI=1S/C25H30N6O3S.C13H11N3OS2/c1-17-14-18-15-19(7-8-21(18)34-17)27-24(29-25-26-9-13-35-25)28-20-6-2-3-12-31(23(20)33)16-22(32)30-10-4-5-11-30;1-8-6-9-7-10(2-3-11(9)17-8)15-12(18)16-13-14-4-5-19-13/h7-9,13-15,20H,2-6,10-12,16H2,1H3,(H2,26,27,28,29);2-7H,1H3,(H2,14,15,16,18)/t20-;/m0./s1. The molecular formula is C38H41N9O4S3. The Labute approximate surface area is 325 Å². The van der Waals surface area contributed by atoms with Crippen molar-refractivity contribution < 1.29 is 18.4 Å². The van der Waals surface area contributed by atoms with Crippen LogP contribution in [0.15, 0.2) is 85.5 Å². The molecule has 13 nitrogen and oxygen atoms in total. The van der Waals surface area contributed by atoms with E-state index in [1.165, 1.54) is 22.7 Å². The van der Waals surface area contributed by atoms with Gasteiger partial charge in [-0.3, -0.25) is 9.59 Å². The molecule has 2 aliphatic rings. The Morgan fingerprint density at radius 1 is 0.815 bits per heavy atom. The SMILES string of the molecule is Cc1cc2cc(NC(=N[C@H]3CCCCN(CC(=O)N4CCCC4)C3=O)Nc3nccs3)ccc2o1.Cc1cc2cc(NC(=S)Nc3nccs3)ccc2o1. The number of rotatable bonds is 7. The predicted octanol–water partition coefficient (Wildman–Crippen LogP) is 8.09. The van der Waals surface area contributed by atoms with Crippen molar-refractivity contribution in [1.29, 1.82) is 0 Å². The minimum absolute atomic E-state index is 0.0310. The van der Waals surface area contributed by atoms with Crippen molar-refractivity contribution in [2.24, 2.45) is 4.99 Å². The van der Waals surface area contributed by atoms with Gasteiger partial charge in [-0.2, -0.15) is 0 Å². The van der Waals surface area contributed by atoms with Gasteiger partial charge in [-0.25, -0.2) is 15.0 Å². The Kier molecular flexibility index (Phi) is 11.8. The van der Waals surface area contributed by atoms with E-state index in [1.54, 1.807) is 17.3 Å². The van der Waals surface area contributed by atoms with Crippen LogP contribution in [-0.2, 0) is 9.59 Å². The molecule has 4 N–H and O–H groups in total. The summed E-state index contributed by atoms with van der Waals surface area (Å²) in [7, 11) is 0. The third-order valence-corrected chi connectivity index (χ3v) is 10.5. The summed E-state index contributed by atoms with van der Waals surface area (Å²) in [5.41, 5.74) is 3.43. The van der Waals surface area contributed by atoms with E-state index < -0.39 is 6.04 Å². The highest BCUT2D eigenvalue weighted by Crippen LogP contribution is 2.25. The van der Waals surface area contributed by atoms with Crippen LogP contribution >= 0.6 is 34.9 Å². The molecule has 0 unspecified atom stereocenters. The van der Waals surface area contributed by atoms with E-state index in [2.05, 4.69) is 31.2 Å². The number of benzene rings is 2. The molecule has 54 heavy (non-hydrogen) atoms. The number of hydrogen-bond acceptors (Lipinski definition) is 10. The Hall–Kier alpha value is -5.32. The Morgan fingerprint density at radius 2 is 1.41 bits per heavy atom. The average Bonchev–Trinajstić information content (AvgIpc) is 3.99. The van der Waals surface area contributed by atoms with Crippen LogP contribution in [0.5, 0.6) is 0 Å². The fraction of sp³-hybridized carbons (Fsp3) is 0.316. The van der Waals surface area contributed by atoms with Gasteiger partial charge in [0.2, 0.25) is 17.8 Å². The monoisotopic (exact) mass is 783 g/mol. The van der Waals surface area contributed by atoms with Gasteiger partial charge < -0.3 is 39.9 Å². The first-order chi connectivity index (χ1) is 26.3. The third kappa shape index (κ3) is 9.61. The number of thiocarbonyl (C=S) groups is 1. The van der Waals surface area contributed by atoms with Gasteiger partial charge in [-0.05, 0) is 107 Å². The van der Waals surface area contributed by atoms with Crippen LogP contribution in [0, 0.1) is 13.8 Å². The first-order valence-corrected chi connectivity index (χ1v) is 20.0. The summed E-state index contributed by atoms with van der Waals surface area (Å²) in [6.45, 7) is 6.14. The lowest BCUT2D eigenvalue weighted by Crippen LogP contribution is -2.45. The molecule has 2 aliphatic heterocycles. The van der Waals surface area contributed by atoms with E-state index in [1.807, 2.05) is 78.0 Å². The van der Waals surface area contributed by atoms with Gasteiger partial charge in [0.25, 0.3) is 0 Å². The van der Waals surface area contributed by atoms with Crippen LogP contribution in [0.25, 0.3) is 21.9 Å². The zero-order chi connectivity index (χ0) is 37.4. The number of furan rings is 2. The lowest BCUT2D eigenvalue weighted by molar-refractivity contribution is -0.140. The highest BCUT2D eigenvalue weighted by Gasteiger charge is 2.30. The number of nitrogens with zero attached hydrogens (tertiary/aromatic N) is 5. The first-order valence-electron chi connectivity index (χ1n) is 17.8. The second-order valence-corrected chi connectivity index (χ2v) is 15.3. The fourth-order valence-corrected chi connectivity index (χ4v) is 7.76. The minimum atomic E-state index is -0.571. The van der Waals surface area contributed by atoms with Gasteiger partial charge in [0.05, 0.1) is 6.54 Å². The van der Waals surface area contributed by atoms with Gasteiger partial charge >= 0.3 is 0 Å². The Balaban J connectivity index is 0.000000199. The molecule has 0 bridgehead atoms. The van der Waals surface area contributed by atoms with Crippen LogP contribution in [0.4, 0.5) is 21.6 Å². The molecule has 2 amide bonds. The number of anilines is 4. The number of amides is 2. The van der Waals surface area contributed by atoms with E-state index >= 15 is 0 Å². The number of aryl methyl sites for hydroxylation is 2. The minimum Gasteiger partial charge on any atom is -0.461 e. The molecule has 0 saturated carbocycles. The van der Waals surface area contributed by atoms with Crippen LogP contribution < -0.4 is 21.3 Å². The fourth-order valence-electron chi connectivity index (χ4n) is 6.42. The highest BCUT2D eigenvalue weighted by atomic mass is 32.1. The first kappa shape index (κ1) is 37.0. The maximum absolute atomic E-state index is 13.4. The number of nitrogens with one attached hydrogen (secondary N) is 4. The van der Waals surface area contributed by atoms with Crippen LogP contribution in [0.1, 0.15) is 43.6 Å². The molecule has 0 spiro atoms. The average molecular weight is 784 g/mol. The summed E-state index contributed by atoms with van der Waals surface area (Å²) in [6, 6.07) is 15.1. The molecule has 6 aromatic rings.